The van der Waals surface area contributed by atoms with Crippen molar-refractivity contribution in [3.63, 3.8) is 0 Å². The summed E-state index contributed by atoms with van der Waals surface area (Å²) in [7, 11) is 3.94. The van der Waals surface area contributed by atoms with Gasteiger partial charge in [-0.3, -0.25) is 4.90 Å². The van der Waals surface area contributed by atoms with Gasteiger partial charge in [0.15, 0.2) is 0 Å². The fourth-order valence-corrected chi connectivity index (χ4v) is 3.60. The highest BCUT2D eigenvalue weighted by Gasteiger charge is 2.12. The highest BCUT2D eigenvalue weighted by molar-refractivity contribution is 5.83. The van der Waals surface area contributed by atoms with E-state index in [2.05, 4.69) is 51.8 Å². The number of nitrogens with zero attached hydrogens (tertiary/aromatic N) is 5. The lowest BCUT2D eigenvalue weighted by molar-refractivity contribution is 0.0317. The highest BCUT2D eigenvalue weighted by Crippen LogP contribution is 2.18. The molecule has 0 spiro atoms. The Labute approximate surface area is 204 Å². The summed E-state index contributed by atoms with van der Waals surface area (Å²) in [4.78, 5) is 15.0. The van der Waals surface area contributed by atoms with Crippen LogP contribution < -0.4 is 15.4 Å². The standard InChI is InChI=1S/C14H25N5O2.C11H16N2/c1-3-19(4-2)13-11-12(15)16-14(17-13)21-10-7-18-5-8-20-9-6-18;1-13(2)9-11(8-12)10-6-4-3-5-7-10/h11H,3-10H2,1-2H3,(H2,15,16,17);4,6-9,12H,3,5H2,1-2H3/b;11-9-,12-8?. The Morgan fingerprint density at radius 1 is 1.21 bits per heavy atom. The maximum absolute atomic E-state index is 7.29. The number of hydrogen-bond acceptors (Lipinski definition) is 9. The van der Waals surface area contributed by atoms with Crippen LogP contribution in [0.15, 0.2) is 41.6 Å². The van der Waals surface area contributed by atoms with Gasteiger partial charge in [0.1, 0.15) is 18.2 Å². The number of rotatable bonds is 10. The van der Waals surface area contributed by atoms with Gasteiger partial charge in [0, 0.05) is 70.9 Å². The smallest absolute Gasteiger partial charge is 0.320 e. The van der Waals surface area contributed by atoms with Crippen molar-refractivity contribution in [2.45, 2.75) is 26.7 Å². The summed E-state index contributed by atoms with van der Waals surface area (Å²) < 4.78 is 11.0. The van der Waals surface area contributed by atoms with Crippen LogP contribution in [0.5, 0.6) is 6.01 Å². The Hall–Kier alpha value is -2.91. The van der Waals surface area contributed by atoms with Crippen LogP contribution in [0.4, 0.5) is 11.6 Å². The molecule has 1 aliphatic heterocycles. The minimum absolute atomic E-state index is 0.352. The fraction of sp³-hybridized carbons (Fsp3) is 0.560. The summed E-state index contributed by atoms with van der Waals surface area (Å²) in [5.41, 5.74) is 7.97. The molecule has 1 fully saturated rings. The van der Waals surface area contributed by atoms with Crippen LogP contribution in [0.3, 0.4) is 0 Å². The predicted molar refractivity (Wildman–Crippen MR) is 140 cm³/mol. The van der Waals surface area contributed by atoms with E-state index < -0.39 is 0 Å². The number of aromatic nitrogens is 2. The molecule has 1 aliphatic carbocycles. The number of ether oxygens (including phenoxy) is 2. The molecule has 0 radical (unpaired) electrons. The van der Waals surface area contributed by atoms with Gasteiger partial charge in [-0.15, -0.1) is 0 Å². The van der Waals surface area contributed by atoms with Gasteiger partial charge in [0.2, 0.25) is 0 Å². The summed E-state index contributed by atoms with van der Waals surface area (Å²) in [6.07, 6.45) is 12.0. The molecule has 0 unspecified atom stereocenters. The van der Waals surface area contributed by atoms with Crippen molar-refractivity contribution >= 4 is 17.9 Å². The third-order valence-electron chi connectivity index (χ3n) is 5.42. The zero-order chi connectivity index (χ0) is 24.8. The van der Waals surface area contributed by atoms with Crippen molar-refractivity contribution in [2.75, 3.05) is 77.3 Å². The third-order valence-corrected chi connectivity index (χ3v) is 5.42. The van der Waals surface area contributed by atoms with Crippen molar-refractivity contribution in [1.29, 1.82) is 5.41 Å². The molecule has 1 aromatic rings. The number of nitrogens with two attached hydrogens (primary N) is 1. The van der Waals surface area contributed by atoms with E-state index in [-0.39, 0.29) is 0 Å². The van der Waals surface area contributed by atoms with E-state index >= 15 is 0 Å². The molecule has 188 valence electrons. The summed E-state index contributed by atoms with van der Waals surface area (Å²) in [6, 6.07) is 2.13. The summed E-state index contributed by atoms with van der Waals surface area (Å²) in [5, 5.41) is 7.29. The molecule has 1 saturated heterocycles. The molecule has 2 aliphatic rings. The van der Waals surface area contributed by atoms with Crippen molar-refractivity contribution in [2.24, 2.45) is 0 Å². The van der Waals surface area contributed by atoms with Crippen molar-refractivity contribution in [3.8, 4) is 6.01 Å². The second-order valence-corrected chi connectivity index (χ2v) is 8.24. The van der Waals surface area contributed by atoms with Gasteiger partial charge in [-0.05, 0) is 32.3 Å². The van der Waals surface area contributed by atoms with E-state index in [0.29, 0.717) is 18.4 Å². The number of nitrogen functional groups attached to an aromatic ring is 1. The van der Waals surface area contributed by atoms with Gasteiger partial charge in [-0.25, -0.2) is 0 Å². The number of allylic oxidation sites excluding steroid dienone is 5. The largest absolute Gasteiger partial charge is 0.462 e. The normalized spacial score (nSPS) is 16.2. The van der Waals surface area contributed by atoms with Crippen LogP contribution in [0.2, 0.25) is 0 Å². The quantitative estimate of drug-likeness (QED) is 0.502. The van der Waals surface area contributed by atoms with E-state index in [9.17, 15) is 0 Å². The molecular weight excluding hydrogens is 430 g/mol. The Kier molecular flexibility index (Phi) is 12.1. The van der Waals surface area contributed by atoms with Crippen LogP contribution in [0.25, 0.3) is 0 Å². The Morgan fingerprint density at radius 2 is 1.94 bits per heavy atom. The first-order chi connectivity index (χ1) is 16.5. The Bertz CT molecular complexity index is 842. The molecule has 0 saturated carbocycles. The highest BCUT2D eigenvalue weighted by atomic mass is 16.5. The van der Waals surface area contributed by atoms with E-state index in [0.717, 1.165) is 75.7 Å². The van der Waals surface area contributed by atoms with Gasteiger partial charge in [0.25, 0.3) is 0 Å². The predicted octanol–water partition coefficient (Wildman–Crippen LogP) is 2.97. The van der Waals surface area contributed by atoms with Crippen molar-refractivity contribution < 1.29 is 9.47 Å². The lowest BCUT2D eigenvalue weighted by atomic mass is 10.0. The van der Waals surface area contributed by atoms with Crippen LogP contribution in [0, 0.1) is 5.41 Å². The molecular formula is C25H41N7O2. The molecule has 0 amide bonds. The minimum Gasteiger partial charge on any atom is -0.462 e. The SMILES string of the molecule is CCN(CC)c1cc(N)nc(OCCN2CCOCC2)n1.CN(C)/C=C(/C=N)C1=CCCC=C1. The van der Waals surface area contributed by atoms with Crippen LogP contribution >= 0.6 is 0 Å². The van der Waals surface area contributed by atoms with E-state index in [1.54, 1.807) is 6.07 Å². The molecule has 2 heterocycles. The molecule has 0 atom stereocenters. The zero-order valence-electron chi connectivity index (χ0n) is 21.2. The average molecular weight is 472 g/mol. The minimum atomic E-state index is 0.352. The second-order valence-electron chi connectivity index (χ2n) is 8.24. The van der Waals surface area contributed by atoms with Crippen LogP contribution in [0.1, 0.15) is 26.7 Å². The summed E-state index contributed by atoms with van der Waals surface area (Å²) in [5.74, 6) is 1.25. The first-order valence-electron chi connectivity index (χ1n) is 12.0. The van der Waals surface area contributed by atoms with Gasteiger partial charge in [0.05, 0.1) is 13.2 Å². The Morgan fingerprint density at radius 3 is 2.53 bits per heavy atom. The maximum Gasteiger partial charge on any atom is 0.320 e. The molecule has 3 N–H and O–H groups in total. The lowest BCUT2D eigenvalue weighted by Crippen LogP contribution is -2.38. The number of anilines is 2. The first-order valence-corrected chi connectivity index (χ1v) is 12.0. The number of hydrogen-bond donors (Lipinski definition) is 2. The first kappa shape index (κ1) is 27.3. The molecule has 0 aromatic carbocycles. The number of morpholine rings is 1. The summed E-state index contributed by atoms with van der Waals surface area (Å²) >= 11 is 0. The van der Waals surface area contributed by atoms with E-state index in [1.807, 2.05) is 25.2 Å². The average Bonchev–Trinajstić information content (AvgIpc) is 2.84. The van der Waals surface area contributed by atoms with Gasteiger partial charge < -0.3 is 30.4 Å². The van der Waals surface area contributed by atoms with Crippen molar-refractivity contribution in [3.05, 3.63) is 41.6 Å². The van der Waals surface area contributed by atoms with Gasteiger partial charge in [-0.2, -0.15) is 9.97 Å². The van der Waals surface area contributed by atoms with Gasteiger partial charge in [-0.1, -0.05) is 18.2 Å². The summed E-state index contributed by atoms with van der Waals surface area (Å²) in [6.45, 7) is 10.8. The lowest BCUT2D eigenvalue weighted by Gasteiger charge is -2.26. The molecule has 3 rings (SSSR count). The molecule has 1 aromatic heterocycles. The zero-order valence-corrected chi connectivity index (χ0v) is 21.2. The number of nitrogens with one attached hydrogen (secondary N) is 1. The molecule has 34 heavy (non-hydrogen) atoms. The molecule has 9 heteroatoms. The maximum atomic E-state index is 7.29. The van der Waals surface area contributed by atoms with Crippen LogP contribution in [-0.4, -0.2) is 92.6 Å². The fourth-order valence-electron chi connectivity index (χ4n) is 3.60. The van der Waals surface area contributed by atoms with Crippen molar-refractivity contribution in [1.82, 2.24) is 19.8 Å². The van der Waals surface area contributed by atoms with Crippen LogP contribution in [-0.2, 0) is 4.74 Å². The molecule has 0 bridgehead atoms. The third kappa shape index (κ3) is 9.52. The van der Waals surface area contributed by atoms with E-state index in [1.165, 1.54) is 6.21 Å². The monoisotopic (exact) mass is 471 g/mol. The molecule has 9 nitrogen and oxygen atoms in total. The van der Waals surface area contributed by atoms with Gasteiger partial charge >= 0.3 is 6.01 Å². The van der Waals surface area contributed by atoms with E-state index in [4.69, 9.17) is 20.6 Å². The Balaban J connectivity index is 0.000000270. The topological polar surface area (TPSA) is 104 Å². The second kappa shape index (κ2) is 15.1.